The van der Waals surface area contributed by atoms with Crippen LogP contribution in [0.25, 0.3) is 21.8 Å². The SMILES string of the molecule is COc1c(N2CCCC(N(C)CCn3c(O)c(N=O)c4cc(F)ccc43)C2)ccc2c(=O)c(C(=O)O)cn(C3CC3)c12. The number of likely N-dealkylation sites (N-methyl/N-ethyl adjacent to an activating group) is 1. The van der Waals surface area contributed by atoms with Crippen LogP contribution in [0.2, 0.25) is 0 Å². The molecule has 0 bridgehead atoms. The summed E-state index contributed by atoms with van der Waals surface area (Å²) < 4.78 is 23.2. The number of aromatic hydroxyl groups is 1. The van der Waals surface area contributed by atoms with Crippen LogP contribution in [0.1, 0.15) is 42.1 Å². The smallest absolute Gasteiger partial charge is 0.341 e. The molecular weight excluding hydrogens is 545 g/mol. The van der Waals surface area contributed by atoms with Crippen molar-refractivity contribution in [2.45, 2.75) is 44.3 Å². The number of hydrogen-bond acceptors (Lipinski definition) is 8. The van der Waals surface area contributed by atoms with E-state index < -0.39 is 17.2 Å². The van der Waals surface area contributed by atoms with Crippen LogP contribution >= 0.6 is 0 Å². The summed E-state index contributed by atoms with van der Waals surface area (Å²) in [5.41, 5.74) is 1.07. The first-order valence-corrected chi connectivity index (χ1v) is 14.0. The summed E-state index contributed by atoms with van der Waals surface area (Å²) >= 11 is 0. The van der Waals surface area contributed by atoms with Crippen molar-refractivity contribution in [1.82, 2.24) is 14.0 Å². The van der Waals surface area contributed by atoms with E-state index in [1.807, 2.05) is 17.7 Å². The number of ether oxygens (including phenoxy) is 1. The molecular formula is C30H32FN5O6. The number of carbonyl (C=O) groups is 1. The Balaban J connectivity index is 1.27. The van der Waals surface area contributed by atoms with Gasteiger partial charge >= 0.3 is 5.97 Å². The monoisotopic (exact) mass is 577 g/mol. The highest BCUT2D eigenvalue weighted by atomic mass is 19.1. The largest absolute Gasteiger partial charge is 0.493 e. The van der Waals surface area contributed by atoms with Crippen LogP contribution in [-0.4, -0.2) is 70.1 Å². The minimum absolute atomic E-state index is 0.128. The number of carboxylic acid groups (broad SMARTS) is 1. The first kappa shape index (κ1) is 27.7. The molecule has 2 N–H and O–H groups in total. The molecule has 0 spiro atoms. The number of hydrogen-bond donors (Lipinski definition) is 2. The average molecular weight is 578 g/mol. The van der Waals surface area contributed by atoms with E-state index in [0.717, 1.165) is 37.9 Å². The number of halogens is 1. The molecule has 4 aromatic rings. The number of benzene rings is 2. The van der Waals surface area contributed by atoms with Crippen molar-refractivity contribution in [3.05, 3.63) is 63.0 Å². The van der Waals surface area contributed by atoms with Gasteiger partial charge in [0.05, 0.1) is 29.2 Å². The van der Waals surface area contributed by atoms with E-state index in [4.69, 9.17) is 4.74 Å². The molecule has 12 heteroatoms. The van der Waals surface area contributed by atoms with Crippen molar-refractivity contribution in [3.8, 4) is 11.6 Å². The van der Waals surface area contributed by atoms with E-state index >= 15 is 0 Å². The summed E-state index contributed by atoms with van der Waals surface area (Å²) in [7, 11) is 3.58. The highest BCUT2D eigenvalue weighted by Gasteiger charge is 2.31. The molecule has 6 rings (SSSR count). The van der Waals surface area contributed by atoms with Gasteiger partial charge in [-0.1, -0.05) is 0 Å². The van der Waals surface area contributed by atoms with E-state index in [0.29, 0.717) is 41.8 Å². The lowest BCUT2D eigenvalue weighted by Gasteiger charge is -2.39. The third-order valence-electron chi connectivity index (χ3n) is 8.60. The first-order chi connectivity index (χ1) is 20.2. The third-order valence-corrected chi connectivity index (χ3v) is 8.60. The summed E-state index contributed by atoms with van der Waals surface area (Å²) in [6.07, 6.45) is 5.13. The number of nitrogens with zero attached hydrogens (tertiary/aromatic N) is 5. The molecule has 2 fully saturated rings. The molecule has 42 heavy (non-hydrogen) atoms. The van der Waals surface area contributed by atoms with Gasteiger partial charge in [0.15, 0.2) is 11.4 Å². The van der Waals surface area contributed by atoms with E-state index in [2.05, 4.69) is 15.0 Å². The molecule has 2 aliphatic rings. The Bertz CT molecular complexity index is 1780. The maximum atomic E-state index is 13.8. The number of fused-ring (bicyclic) bond motifs is 2. The number of nitroso groups, excluding NO2 is 1. The Kier molecular flexibility index (Phi) is 7.09. The number of carboxylic acids is 1. The fraction of sp³-hybridized carbons (Fsp3) is 0.400. The molecule has 1 aliphatic heterocycles. The number of aromatic nitrogens is 2. The number of anilines is 1. The van der Waals surface area contributed by atoms with Crippen LogP contribution in [0, 0.1) is 10.7 Å². The lowest BCUT2D eigenvalue weighted by Crippen LogP contribution is -2.47. The van der Waals surface area contributed by atoms with Crippen LogP contribution in [-0.2, 0) is 6.54 Å². The van der Waals surface area contributed by atoms with Gasteiger partial charge in [-0.15, -0.1) is 4.91 Å². The number of rotatable bonds is 9. The minimum Gasteiger partial charge on any atom is -0.493 e. The normalized spacial score (nSPS) is 17.3. The van der Waals surface area contributed by atoms with Crippen molar-refractivity contribution in [1.29, 1.82) is 0 Å². The van der Waals surface area contributed by atoms with Crippen LogP contribution in [0.15, 0.2) is 46.5 Å². The van der Waals surface area contributed by atoms with E-state index in [-0.39, 0.29) is 34.6 Å². The maximum Gasteiger partial charge on any atom is 0.341 e. The molecule has 2 aromatic carbocycles. The number of methoxy groups -OCH3 is 1. The molecule has 0 radical (unpaired) electrons. The van der Waals surface area contributed by atoms with Gasteiger partial charge in [0, 0.05) is 49.8 Å². The molecule has 1 saturated heterocycles. The summed E-state index contributed by atoms with van der Waals surface area (Å²) in [5, 5.41) is 23.8. The van der Waals surface area contributed by atoms with Gasteiger partial charge in [0.25, 0.3) is 0 Å². The second kappa shape index (κ2) is 10.8. The average Bonchev–Trinajstić information content (AvgIpc) is 3.79. The van der Waals surface area contributed by atoms with Gasteiger partial charge in [-0.3, -0.25) is 9.69 Å². The summed E-state index contributed by atoms with van der Waals surface area (Å²) in [5.74, 6) is -1.47. The standard InChI is InChI=1S/C30H32FN5O6/c1-33(12-13-35-23-9-5-17(31)14-21(23)25(32-41)29(35)38)19-4-3-11-34(15-19)24-10-8-20-26(28(24)42-2)36(18-6-7-18)16-22(27(20)37)30(39)40/h5,8-10,14,16,18-19,38H,3-4,6-7,11-13,15H2,1-2H3,(H,39,40). The fourth-order valence-electron chi connectivity index (χ4n) is 6.24. The first-order valence-electron chi connectivity index (χ1n) is 14.0. The molecule has 11 nitrogen and oxygen atoms in total. The topological polar surface area (TPSA) is 130 Å². The summed E-state index contributed by atoms with van der Waals surface area (Å²) in [4.78, 5) is 40.6. The molecule has 0 amide bonds. The predicted octanol–water partition coefficient (Wildman–Crippen LogP) is 4.84. The Morgan fingerprint density at radius 2 is 1.98 bits per heavy atom. The van der Waals surface area contributed by atoms with E-state index in [1.54, 1.807) is 17.7 Å². The minimum atomic E-state index is -1.24. The van der Waals surface area contributed by atoms with Gasteiger partial charge in [-0.25, -0.2) is 9.18 Å². The molecule has 1 saturated carbocycles. The van der Waals surface area contributed by atoms with Crippen molar-refractivity contribution in [3.63, 3.8) is 0 Å². The summed E-state index contributed by atoms with van der Waals surface area (Å²) in [6.45, 7) is 2.40. The van der Waals surface area contributed by atoms with Crippen molar-refractivity contribution in [2.24, 2.45) is 5.18 Å². The highest BCUT2D eigenvalue weighted by Crippen LogP contribution is 2.43. The van der Waals surface area contributed by atoms with Crippen molar-refractivity contribution < 1.29 is 24.1 Å². The Morgan fingerprint density at radius 1 is 1.19 bits per heavy atom. The number of aromatic carboxylic acids is 1. The van der Waals surface area contributed by atoms with E-state index in [1.165, 1.54) is 24.4 Å². The van der Waals surface area contributed by atoms with Crippen LogP contribution in [0.4, 0.5) is 15.8 Å². The second-order valence-corrected chi connectivity index (χ2v) is 11.1. The molecule has 220 valence electrons. The van der Waals surface area contributed by atoms with Gasteiger partial charge in [-0.2, -0.15) is 0 Å². The van der Waals surface area contributed by atoms with Gasteiger partial charge in [0.1, 0.15) is 11.4 Å². The Morgan fingerprint density at radius 3 is 2.67 bits per heavy atom. The third kappa shape index (κ3) is 4.65. The molecule has 3 heterocycles. The molecule has 2 aromatic heterocycles. The van der Waals surface area contributed by atoms with Crippen LogP contribution < -0.4 is 15.1 Å². The van der Waals surface area contributed by atoms with Gasteiger partial charge < -0.3 is 29.0 Å². The Hall–Kier alpha value is -4.45. The fourth-order valence-corrected chi connectivity index (χ4v) is 6.24. The lowest BCUT2D eigenvalue weighted by molar-refractivity contribution is 0.0694. The summed E-state index contributed by atoms with van der Waals surface area (Å²) in [6, 6.07) is 7.85. The molecule has 1 aliphatic carbocycles. The molecule has 1 atom stereocenters. The zero-order chi connectivity index (χ0) is 29.7. The quantitative estimate of drug-likeness (QED) is 0.270. The highest BCUT2D eigenvalue weighted by molar-refractivity contribution is 5.97. The van der Waals surface area contributed by atoms with Gasteiger partial charge in [-0.05, 0) is 68.2 Å². The maximum absolute atomic E-state index is 13.8. The van der Waals surface area contributed by atoms with Crippen LogP contribution in [0.5, 0.6) is 11.6 Å². The zero-order valence-electron chi connectivity index (χ0n) is 23.4. The van der Waals surface area contributed by atoms with Crippen molar-refractivity contribution in [2.75, 3.05) is 38.7 Å². The predicted molar refractivity (Wildman–Crippen MR) is 157 cm³/mol. The second-order valence-electron chi connectivity index (χ2n) is 11.1. The van der Waals surface area contributed by atoms with Crippen LogP contribution in [0.3, 0.4) is 0 Å². The molecule has 1 unspecified atom stereocenters. The number of pyridine rings is 1. The van der Waals surface area contributed by atoms with E-state index in [9.17, 15) is 29.1 Å². The van der Waals surface area contributed by atoms with Gasteiger partial charge in [0.2, 0.25) is 11.3 Å². The van der Waals surface area contributed by atoms with Crippen molar-refractivity contribution >= 4 is 39.1 Å². The number of piperidine rings is 1. The lowest BCUT2D eigenvalue weighted by atomic mass is 10.0. The zero-order valence-corrected chi connectivity index (χ0v) is 23.4. The Labute approximate surface area is 240 Å².